The summed E-state index contributed by atoms with van der Waals surface area (Å²) >= 11 is 0. The average Bonchev–Trinajstić information content (AvgIpc) is 2.16. The van der Waals surface area contributed by atoms with Crippen LogP contribution in [0.25, 0.3) is 0 Å². The number of nitrogens with one attached hydrogen (secondary N) is 1. The molecule has 0 spiro atoms. The van der Waals surface area contributed by atoms with Crippen molar-refractivity contribution in [2.45, 2.75) is 26.3 Å². The first-order valence-electron chi connectivity index (χ1n) is 5.08. The number of hydrogen-bond acceptors (Lipinski definition) is 2. The van der Waals surface area contributed by atoms with Gasteiger partial charge in [0.25, 0.3) is 0 Å². The predicted octanol–water partition coefficient (Wildman–Crippen LogP) is 1.45. The molecule has 0 saturated carbocycles. The van der Waals surface area contributed by atoms with Gasteiger partial charge in [0, 0.05) is 13.0 Å². The molecule has 4 heteroatoms. The van der Waals surface area contributed by atoms with Crippen LogP contribution >= 0.6 is 0 Å². The molecule has 0 fully saturated rings. The molecule has 1 rings (SSSR count). The molecule has 0 saturated heterocycles. The number of carbonyl (C=O) groups excluding carboxylic acids is 1. The van der Waals surface area contributed by atoms with Crippen LogP contribution in [0.4, 0.5) is 0 Å². The van der Waals surface area contributed by atoms with E-state index in [0.717, 1.165) is 5.56 Å². The van der Waals surface area contributed by atoms with Crippen LogP contribution in [0.15, 0.2) is 24.3 Å². The van der Waals surface area contributed by atoms with E-state index in [-0.39, 0.29) is 17.5 Å². The first-order valence-corrected chi connectivity index (χ1v) is 5.08. The number of aromatic carboxylic acids is 1. The van der Waals surface area contributed by atoms with E-state index < -0.39 is 5.97 Å². The second-order valence-electron chi connectivity index (χ2n) is 3.81. The summed E-state index contributed by atoms with van der Waals surface area (Å²) in [4.78, 5) is 21.4. The highest BCUT2D eigenvalue weighted by atomic mass is 16.4. The van der Waals surface area contributed by atoms with Crippen LogP contribution in [-0.2, 0) is 11.2 Å². The molecular weight excluding hydrogens is 206 g/mol. The zero-order valence-electron chi connectivity index (χ0n) is 9.36. The number of carboxylic acid groups (broad SMARTS) is 1. The Bertz CT molecular complexity index is 384. The Morgan fingerprint density at radius 3 is 2.31 bits per heavy atom. The molecule has 1 aromatic rings. The number of hydrogen-bond donors (Lipinski definition) is 2. The van der Waals surface area contributed by atoms with Gasteiger partial charge in [-0.2, -0.15) is 0 Å². The molecule has 16 heavy (non-hydrogen) atoms. The van der Waals surface area contributed by atoms with Gasteiger partial charge in [0.2, 0.25) is 5.91 Å². The summed E-state index contributed by atoms with van der Waals surface area (Å²) < 4.78 is 0. The summed E-state index contributed by atoms with van der Waals surface area (Å²) in [5.74, 6) is -0.990. The second-order valence-corrected chi connectivity index (χ2v) is 3.81. The summed E-state index contributed by atoms with van der Waals surface area (Å²) in [6.07, 6.45) is 0.694. The molecule has 0 aliphatic heterocycles. The Balaban J connectivity index is 2.61. The minimum atomic E-state index is -0.929. The molecule has 0 aliphatic carbocycles. The maximum atomic E-state index is 10.8. The van der Waals surface area contributed by atoms with Crippen molar-refractivity contribution < 1.29 is 14.7 Å². The number of carboxylic acids is 1. The van der Waals surface area contributed by atoms with E-state index in [1.54, 1.807) is 24.3 Å². The van der Waals surface area contributed by atoms with E-state index >= 15 is 0 Å². The molecule has 0 radical (unpaired) electrons. The fraction of sp³-hybridized carbons (Fsp3) is 0.333. The van der Waals surface area contributed by atoms with Gasteiger partial charge in [0.05, 0.1) is 5.56 Å². The summed E-state index contributed by atoms with van der Waals surface area (Å²) in [5.41, 5.74) is 1.28. The molecule has 1 atom stereocenters. The van der Waals surface area contributed by atoms with Crippen molar-refractivity contribution in [1.29, 1.82) is 0 Å². The van der Waals surface area contributed by atoms with E-state index in [4.69, 9.17) is 5.11 Å². The highest BCUT2D eigenvalue weighted by Crippen LogP contribution is 2.07. The van der Waals surface area contributed by atoms with Crippen LogP contribution in [-0.4, -0.2) is 23.0 Å². The van der Waals surface area contributed by atoms with Gasteiger partial charge in [-0.15, -0.1) is 0 Å². The van der Waals surface area contributed by atoms with Gasteiger partial charge in [-0.3, -0.25) is 4.79 Å². The fourth-order valence-corrected chi connectivity index (χ4v) is 1.53. The van der Waals surface area contributed by atoms with Crippen molar-refractivity contribution in [2.75, 3.05) is 0 Å². The quantitative estimate of drug-likeness (QED) is 0.808. The second kappa shape index (κ2) is 5.30. The van der Waals surface area contributed by atoms with E-state index in [0.29, 0.717) is 6.42 Å². The lowest BCUT2D eigenvalue weighted by atomic mass is 10.1. The maximum Gasteiger partial charge on any atom is 0.335 e. The van der Waals surface area contributed by atoms with Crippen LogP contribution in [0.2, 0.25) is 0 Å². The molecular formula is C12H15NO3. The first kappa shape index (κ1) is 12.2. The summed E-state index contributed by atoms with van der Waals surface area (Å²) in [7, 11) is 0. The Morgan fingerprint density at radius 2 is 1.88 bits per heavy atom. The van der Waals surface area contributed by atoms with Gasteiger partial charge in [-0.05, 0) is 31.0 Å². The van der Waals surface area contributed by atoms with Crippen molar-refractivity contribution in [3.05, 3.63) is 35.4 Å². The third-order valence-electron chi connectivity index (χ3n) is 2.19. The molecule has 4 nitrogen and oxygen atoms in total. The molecule has 1 amide bonds. The van der Waals surface area contributed by atoms with Gasteiger partial charge in [-0.1, -0.05) is 12.1 Å². The van der Waals surface area contributed by atoms with Crippen LogP contribution in [0.1, 0.15) is 29.8 Å². The maximum absolute atomic E-state index is 10.8. The Morgan fingerprint density at radius 1 is 1.31 bits per heavy atom. The van der Waals surface area contributed by atoms with Crippen LogP contribution in [0.5, 0.6) is 0 Å². The molecule has 0 unspecified atom stereocenters. The standard InChI is InChI=1S/C12H15NO3/c1-8(13-9(2)14)7-10-3-5-11(6-4-10)12(15)16/h3-6,8H,7H2,1-2H3,(H,13,14)(H,15,16)/t8-/m1/s1. The van der Waals surface area contributed by atoms with Crippen LogP contribution in [0.3, 0.4) is 0 Å². The average molecular weight is 221 g/mol. The van der Waals surface area contributed by atoms with E-state index in [9.17, 15) is 9.59 Å². The predicted molar refractivity (Wildman–Crippen MR) is 60.4 cm³/mol. The van der Waals surface area contributed by atoms with Gasteiger partial charge < -0.3 is 10.4 Å². The monoisotopic (exact) mass is 221 g/mol. The highest BCUT2D eigenvalue weighted by molar-refractivity contribution is 5.87. The summed E-state index contributed by atoms with van der Waals surface area (Å²) in [6.45, 7) is 3.39. The van der Waals surface area contributed by atoms with Crippen molar-refractivity contribution in [1.82, 2.24) is 5.32 Å². The molecule has 86 valence electrons. The molecule has 0 bridgehead atoms. The molecule has 0 aliphatic rings. The smallest absolute Gasteiger partial charge is 0.335 e. The summed E-state index contributed by atoms with van der Waals surface area (Å²) in [6, 6.07) is 6.72. The zero-order valence-corrected chi connectivity index (χ0v) is 9.36. The SMILES string of the molecule is CC(=O)N[C@H](C)Cc1ccc(C(=O)O)cc1. The zero-order chi connectivity index (χ0) is 12.1. The van der Waals surface area contributed by atoms with Crippen LogP contribution < -0.4 is 5.32 Å². The molecule has 2 N–H and O–H groups in total. The van der Waals surface area contributed by atoms with Gasteiger partial charge in [0.15, 0.2) is 0 Å². The number of rotatable bonds is 4. The number of benzene rings is 1. The highest BCUT2D eigenvalue weighted by Gasteiger charge is 2.06. The number of amides is 1. The normalized spacial score (nSPS) is 11.9. The van der Waals surface area contributed by atoms with Crippen molar-refractivity contribution >= 4 is 11.9 Å². The van der Waals surface area contributed by atoms with Crippen molar-refractivity contribution in [3.63, 3.8) is 0 Å². The van der Waals surface area contributed by atoms with E-state index in [2.05, 4.69) is 5.32 Å². The molecule has 1 aromatic carbocycles. The third kappa shape index (κ3) is 3.73. The van der Waals surface area contributed by atoms with E-state index in [1.165, 1.54) is 6.92 Å². The van der Waals surface area contributed by atoms with Crippen molar-refractivity contribution in [3.8, 4) is 0 Å². The van der Waals surface area contributed by atoms with E-state index in [1.807, 2.05) is 6.92 Å². The lowest BCUT2D eigenvalue weighted by Gasteiger charge is -2.12. The summed E-state index contributed by atoms with van der Waals surface area (Å²) in [5, 5.41) is 11.5. The Kier molecular flexibility index (Phi) is 4.05. The lowest BCUT2D eigenvalue weighted by molar-refractivity contribution is -0.119. The fourth-order valence-electron chi connectivity index (χ4n) is 1.53. The number of carbonyl (C=O) groups is 2. The Hall–Kier alpha value is -1.84. The van der Waals surface area contributed by atoms with Gasteiger partial charge >= 0.3 is 5.97 Å². The minimum Gasteiger partial charge on any atom is -0.478 e. The third-order valence-corrected chi connectivity index (χ3v) is 2.19. The topological polar surface area (TPSA) is 66.4 Å². The van der Waals surface area contributed by atoms with Crippen LogP contribution in [0, 0.1) is 0 Å². The van der Waals surface area contributed by atoms with Gasteiger partial charge in [-0.25, -0.2) is 4.79 Å². The molecule has 0 aromatic heterocycles. The largest absolute Gasteiger partial charge is 0.478 e. The van der Waals surface area contributed by atoms with Gasteiger partial charge in [0.1, 0.15) is 0 Å². The molecule has 0 heterocycles. The van der Waals surface area contributed by atoms with Crippen molar-refractivity contribution in [2.24, 2.45) is 0 Å². The first-order chi connectivity index (χ1) is 7.49. The lowest BCUT2D eigenvalue weighted by Crippen LogP contribution is -2.31. The minimum absolute atomic E-state index is 0.0492. The Labute approximate surface area is 94.3 Å².